The van der Waals surface area contributed by atoms with E-state index < -0.39 is 29.4 Å². The molecule has 1 aromatic heterocycles. The van der Waals surface area contributed by atoms with Crippen LogP contribution in [0.3, 0.4) is 0 Å². The molecule has 2 aromatic carbocycles. The first-order valence-electron chi connectivity index (χ1n) is 13.2. The van der Waals surface area contributed by atoms with Crippen molar-refractivity contribution in [2.24, 2.45) is 0 Å². The number of aromatic nitrogens is 1. The number of benzene rings is 2. The van der Waals surface area contributed by atoms with Gasteiger partial charge in [-0.05, 0) is 69.7 Å². The molecule has 1 aliphatic heterocycles. The standard InChI is InChI=1S/C30H30ClF3N2O6/c1-5-10-39-25-12-18(11-19-14-29(3,4)42-26(19)25)24(37)16-35-27(38)17(2)40-21-6-8-22(9-7-21)41-28-23(31)13-20(15-36-28)30(32,33)34/h6-9,11-13,15,17H,5,10,14,16H2,1-4H3,(H,35,38)/t17-/m1/s1. The molecular formula is C30H30ClF3N2O6. The molecule has 1 N–H and O–H groups in total. The summed E-state index contributed by atoms with van der Waals surface area (Å²) in [5.74, 6) is 0.728. The van der Waals surface area contributed by atoms with Gasteiger partial charge in [0.05, 0.1) is 18.7 Å². The largest absolute Gasteiger partial charge is 0.490 e. The summed E-state index contributed by atoms with van der Waals surface area (Å²) in [6.45, 7) is 7.68. The second-order valence-electron chi connectivity index (χ2n) is 10.3. The second kappa shape index (κ2) is 12.5. The highest BCUT2D eigenvalue weighted by Crippen LogP contribution is 2.43. The van der Waals surface area contributed by atoms with Gasteiger partial charge in [-0.2, -0.15) is 13.2 Å². The number of carbonyl (C=O) groups is 2. The third-order valence-electron chi connectivity index (χ3n) is 6.19. The van der Waals surface area contributed by atoms with E-state index in [4.69, 9.17) is 30.5 Å². The molecule has 3 aromatic rings. The minimum atomic E-state index is -4.58. The van der Waals surface area contributed by atoms with Crippen molar-refractivity contribution >= 4 is 23.3 Å². The SMILES string of the molecule is CCCOc1cc(C(=O)CNC(=O)[C@@H](C)Oc2ccc(Oc3ncc(C(F)(F)F)cc3Cl)cc2)cc2c1OC(C)(C)C2. The van der Waals surface area contributed by atoms with Crippen molar-refractivity contribution in [1.29, 1.82) is 0 Å². The van der Waals surface area contributed by atoms with Crippen molar-refractivity contribution in [3.05, 3.63) is 70.4 Å². The van der Waals surface area contributed by atoms with Crippen LogP contribution < -0.4 is 24.3 Å². The molecule has 0 bridgehead atoms. The number of ether oxygens (including phenoxy) is 4. The average Bonchev–Trinajstić information content (AvgIpc) is 3.25. The number of carbonyl (C=O) groups excluding carboxylic acids is 2. The number of fused-ring (bicyclic) bond motifs is 1. The van der Waals surface area contributed by atoms with Crippen LogP contribution in [-0.4, -0.2) is 41.5 Å². The summed E-state index contributed by atoms with van der Waals surface area (Å²) in [5.41, 5.74) is -0.113. The van der Waals surface area contributed by atoms with Gasteiger partial charge >= 0.3 is 6.18 Å². The average molecular weight is 607 g/mol. The van der Waals surface area contributed by atoms with E-state index in [0.717, 1.165) is 18.1 Å². The van der Waals surface area contributed by atoms with Crippen molar-refractivity contribution in [3.63, 3.8) is 0 Å². The van der Waals surface area contributed by atoms with Crippen LogP contribution in [0.5, 0.6) is 28.9 Å². The number of hydrogen-bond acceptors (Lipinski definition) is 7. The van der Waals surface area contributed by atoms with Crippen LogP contribution in [0.4, 0.5) is 13.2 Å². The number of pyridine rings is 1. The first-order chi connectivity index (χ1) is 19.8. The highest BCUT2D eigenvalue weighted by atomic mass is 35.5. The van der Waals surface area contributed by atoms with Gasteiger partial charge in [-0.1, -0.05) is 18.5 Å². The van der Waals surface area contributed by atoms with Crippen molar-refractivity contribution in [2.75, 3.05) is 13.2 Å². The van der Waals surface area contributed by atoms with Gasteiger partial charge in [0.15, 0.2) is 23.4 Å². The van der Waals surface area contributed by atoms with E-state index in [2.05, 4.69) is 10.3 Å². The predicted octanol–water partition coefficient (Wildman–Crippen LogP) is 6.81. The van der Waals surface area contributed by atoms with E-state index >= 15 is 0 Å². The molecule has 0 spiro atoms. The molecule has 0 radical (unpaired) electrons. The maximum atomic E-state index is 13.0. The maximum Gasteiger partial charge on any atom is 0.417 e. The smallest absolute Gasteiger partial charge is 0.417 e. The third kappa shape index (κ3) is 7.64. The summed E-state index contributed by atoms with van der Waals surface area (Å²) in [4.78, 5) is 29.2. The van der Waals surface area contributed by atoms with Crippen molar-refractivity contribution in [1.82, 2.24) is 10.3 Å². The molecule has 1 aliphatic rings. The minimum absolute atomic E-state index is 0.195. The van der Waals surface area contributed by atoms with Gasteiger partial charge in [-0.25, -0.2) is 4.98 Å². The predicted molar refractivity (Wildman–Crippen MR) is 149 cm³/mol. The number of nitrogens with zero attached hydrogens (tertiary/aromatic N) is 1. The second-order valence-corrected chi connectivity index (χ2v) is 10.7. The fourth-order valence-corrected chi connectivity index (χ4v) is 4.39. The molecule has 0 saturated carbocycles. The zero-order valence-electron chi connectivity index (χ0n) is 23.4. The molecule has 4 rings (SSSR count). The first kappa shape index (κ1) is 31.0. The zero-order chi connectivity index (χ0) is 30.7. The van der Waals surface area contributed by atoms with E-state index in [1.807, 2.05) is 20.8 Å². The Balaban J connectivity index is 1.32. The Morgan fingerprint density at radius 2 is 1.83 bits per heavy atom. The fourth-order valence-electron chi connectivity index (χ4n) is 4.18. The Bertz CT molecular complexity index is 1460. The van der Waals surface area contributed by atoms with Gasteiger partial charge in [0, 0.05) is 23.7 Å². The Morgan fingerprint density at radius 1 is 1.14 bits per heavy atom. The Hall–Kier alpha value is -3.99. The molecule has 0 aliphatic carbocycles. The normalized spacial score (nSPS) is 14.4. The van der Waals surface area contributed by atoms with Gasteiger partial charge in [-0.3, -0.25) is 9.59 Å². The molecule has 1 amide bonds. The molecular weight excluding hydrogens is 577 g/mol. The quantitative estimate of drug-likeness (QED) is 0.239. The van der Waals surface area contributed by atoms with Crippen molar-refractivity contribution < 1.29 is 41.7 Å². The number of ketones is 1. The van der Waals surface area contributed by atoms with Crippen LogP contribution >= 0.6 is 11.6 Å². The summed E-state index contributed by atoms with van der Waals surface area (Å²) in [6.07, 6.45) is -3.47. The molecule has 224 valence electrons. The summed E-state index contributed by atoms with van der Waals surface area (Å²) in [5, 5.41) is 2.30. The lowest BCUT2D eigenvalue weighted by Crippen LogP contribution is -2.39. The van der Waals surface area contributed by atoms with Crippen molar-refractivity contribution in [2.45, 2.75) is 58.4 Å². The summed E-state index contributed by atoms with van der Waals surface area (Å²) < 4.78 is 61.4. The lowest BCUT2D eigenvalue weighted by molar-refractivity contribution is -0.137. The molecule has 0 saturated heterocycles. The van der Waals surface area contributed by atoms with Gasteiger partial charge in [0.2, 0.25) is 5.88 Å². The van der Waals surface area contributed by atoms with Crippen LogP contribution in [0.2, 0.25) is 5.02 Å². The Morgan fingerprint density at radius 3 is 2.48 bits per heavy atom. The number of alkyl halides is 3. The Kier molecular flexibility index (Phi) is 9.20. The number of Topliss-reactive ketones (excluding diaryl/α,β-unsaturated/α-hetero) is 1. The van der Waals surface area contributed by atoms with E-state index in [1.54, 1.807) is 12.1 Å². The van der Waals surface area contributed by atoms with E-state index in [9.17, 15) is 22.8 Å². The van der Waals surface area contributed by atoms with Gasteiger partial charge in [0.1, 0.15) is 22.1 Å². The number of nitrogens with one attached hydrogen (secondary N) is 1. The molecule has 2 heterocycles. The highest BCUT2D eigenvalue weighted by molar-refractivity contribution is 6.31. The number of amides is 1. The molecule has 8 nitrogen and oxygen atoms in total. The summed E-state index contributed by atoms with van der Waals surface area (Å²) in [6, 6.07) is 10.1. The Labute approximate surface area is 246 Å². The lowest BCUT2D eigenvalue weighted by atomic mass is 9.98. The lowest BCUT2D eigenvalue weighted by Gasteiger charge is -2.18. The van der Waals surface area contributed by atoms with Gasteiger partial charge in [0.25, 0.3) is 5.91 Å². The highest BCUT2D eigenvalue weighted by Gasteiger charge is 2.34. The van der Waals surface area contributed by atoms with Crippen LogP contribution in [0.15, 0.2) is 48.7 Å². The topological polar surface area (TPSA) is 96.0 Å². The van der Waals surface area contributed by atoms with Crippen LogP contribution in [-0.2, 0) is 17.4 Å². The molecule has 12 heteroatoms. The van der Waals surface area contributed by atoms with Gasteiger partial charge in [-0.15, -0.1) is 0 Å². The summed E-state index contributed by atoms with van der Waals surface area (Å²) in [7, 11) is 0. The minimum Gasteiger partial charge on any atom is -0.490 e. The number of rotatable bonds is 11. The fraction of sp³-hybridized carbons (Fsp3) is 0.367. The molecule has 0 fully saturated rings. The number of halogens is 4. The maximum absolute atomic E-state index is 13.0. The summed E-state index contributed by atoms with van der Waals surface area (Å²) >= 11 is 5.88. The monoisotopic (exact) mass is 606 g/mol. The molecule has 42 heavy (non-hydrogen) atoms. The number of hydrogen-bond donors (Lipinski definition) is 1. The zero-order valence-corrected chi connectivity index (χ0v) is 24.2. The van der Waals surface area contributed by atoms with E-state index in [1.165, 1.54) is 31.2 Å². The van der Waals surface area contributed by atoms with E-state index in [-0.39, 0.29) is 29.0 Å². The van der Waals surface area contributed by atoms with Crippen LogP contribution in [0.1, 0.15) is 55.6 Å². The van der Waals surface area contributed by atoms with Crippen LogP contribution in [0, 0.1) is 0 Å². The van der Waals surface area contributed by atoms with Crippen molar-refractivity contribution in [3.8, 4) is 28.9 Å². The van der Waals surface area contributed by atoms with E-state index in [0.29, 0.717) is 42.0 Å². The van der Waals surface area contributed by atoms with Crippen LogP contribution in [0.25, 0.3) is 0 Å². The first-order valence-corrected chi connectivity index (χ1v) is 13.6. The molecule has 1 atom stereocenters. The third-order valence-corrected chi connectivity index (χ3v) is 6.46. The molecule has 0 unspecified atom stereocenters. The van der Waals surface area contributed by atoms with Gasteiger partial charge < -0.3 is 24.3 Å².